The normalized spacial score (nSPS) is 11.8. The van der Waals surface area contributed by atoms with Crippen LogP contribution >= 0.6 is 0 Å². The van der Waals surface area contributed by atoms with Crippen molar-refractivity contribution >= 4 is 16.6 Å². The summed E-state index contributed by atoms with van der Waals surface area (Å²) in [4.78, 5) is 4.20. The maximum absolute atomic E-state index is 14.2. The summed E-state index contributed by atoms with van der Waals surface area (Å²) >= 11 is 0. The lowest BCUT2D eigenvalue weighted by atomic mass is 10.1. The van der Waals surface area contributed by atoms with E-state index in [1.54, 1.807) is 19.4 Å². The lowest BCUT2D eigenvalue weighted by molar-refractivity contribution is -0.275. The fraction of sp³-hybridized carbons (Fsp3) is 0.385. The van der Waals surface area contributed by atoms with Crippen molar-refractivity contribution in [3.05, 3.63) is 60.1 Å². The van der Waals surface area contributed by atoms with E-state index in [2.05, 4.69) is 30.6 Å². The lowest BCUT2D eigenvalue weighted by Gasteiger charge is -2.15. The van der Waals surface area contributed by atoms with Crippen LogP contribution in [0.25, 0.3) is 22.2 Å². The van der Waals surface area contributed by atoms with Gasteiger partial charge in [0.15, 0.2) is 18.0 Å². The summed E-state index contributed by atoms with van der Waals surface area (Å²) in [5.41, 5.74) is 4.20. The molecular weight excluding hydrogens is 506 g/mol. The van der Waals surface area contributed by atoms with Gasteiger partial charge in [-0.25, -0.2) is 9.37 Å². The van der Waals surface area contributed by atoms with E-state index in [0.29, 0.717) is 38.4 Å². The average molecular weight is 536 g/mol. The first kappa shape index (κ1) is 27.4. The van der Waals surface area contributed by atoms with E-state index in [9.17, 15) is 17.6 Å². The van der Waals surface area contributed by atoms with E-state index in [1.165, 1.54) is 12.5 Å². The number of H-pyrrole nitrogens is 1. The van der Waals surface area contributed by atoms with Crippen molar-refractivity contribution in [2.75, 3.05) is 31.6 Å². The van der Waals surface area contributed by atoms with Crippen molar-refractivity contribution in [3.63, 3.8) is 0 Å². The summed E-state index contributed by atoms with van der Waals surface area (Å²) in [7, 11) is 0. The number of hydrogen-bond acceptors (Lipinski definition) is 7. The summed E-state index contributed by atoms with van der Waals surface area (Å²) in [6, 6.07) is 6.56. The Bertz CT molecular complexity index is 1310. The van der Waals surface area contributed by atoms with Crippen molar-refractivity contribution in [1.29, 1.82) is 0 Å². The lowest BCUT2D eigenvalue weighted by Crippen LogP contribution is -2.20. The molecule has 2 aromatic heterocycles. The van der Waals surface area contributed by atoms with Gasteiger partial charge in [0.2, 0.25) is 0 Å². The monoisotopic (exact) mass is 535 g/mol. The molecule has 0 bridgehead atoms. The third-order valence-electron chi connectivity index (χ3n) is 5.85. The van der Waals surface area contributed by atoms with Gasteiger partial charge in [0.1, 0.15) is 12.0 Å². The molecule has 0 aliphatic heterocycles. The van der Waals surface area contributed by atoms with Crippen molar-refractivity contribution in [2.24, 2.45) is 0 Å². The Hall–Kier alpha value is -3.64. The fourth-order valence-corrected chi connectivity index (χ4v) is 4.05. The maximum Gasteiger partial charge on any atom is 0.573 e. The predicted molar refractivity (Wildman–Crippen MR) is 134 cm³/mol. The Morgan fingerprint density at radius 3 is 2.71 bits per heavy atom. The van der Waals surface area contributed by atoms with Crippen LogP contribution < -0.4 is 15.4 Å². The number of aryl methyl sites for hydroxylation is 1. The zero-order valence-corrected chi connectivity index (χ0v) is 20.8. The SMILES string of the molecule is CCc1cc(CNCCCCOCCNc2cc(-c3cocn3)cc3[nH]ncc23)cc(F)c1OC(F)(F)F. The van der Waals surface area contributed by atoms with Crippen LogP contribution in [0.1, 0.15) is 30.9 Å². The van der Waals surface area contributed by atoms with E-state index in [4.69, 9.17) is 9.15 Å². The molecule has 204 valence electrons. The quantitative estimate of drug-likeness (QED) is 0.138. The molecule has 0 radical (unpaired) electrons. The first-order chi connectivity index (χ1) is 18.3. The number of aromatic nitrogens is 3. The molecule has 0 unspecified atom stereocenters. The van der Waals surface area contributed by atoms with Gasteiger partial charge in [0.25, 0.3) is 0 Å². The fourth-order valence-electron chi connectivity index (χ4n) is 4.05. The van der Waals surface area contributed by atoms with E-state index in [-0.39, 0.29) is 12.0 Å². The second-order valence-corrected chi connectivity index (χ2v) is 8.62. The minimum atomic E-state index is -4.93. The average Bonchev–Trinajstić information content (AvgIpc) is 3.58. The number of rotatable bonds is 14. The Labute approximate surface area is 216 Å². The first-order valence-corrected chi connectivity index (χ1v) is 12.3. The number of nitrogens with zero attached hydrogens (tertiary/aromatic N) is 2. The highest BCUT2D eigenvalue weighted by Crippen LogP contribution is 2.31. The molecule has 0 fully saturated rings. The molecular formula is C26H29F4N5O3. The summed E-state index contributed by atoms with van der Waals surface area (Å²) in [6.45, 7) is 4.38. The Kier molecular flexibility index (Phi) is 9.19. The summed E-state index contributed by atoms with van der Waals surface area (Å²) in [6.07, 6.45) is 1.69. The highest BCUT2D eigenvalue weighted by molar-refractivity contribution is 5.94. The number of alkyl halides is 3. The van der Waals surface area contributed by atoms with Gasteiger partial charge in [-0.15, -0.1) is 13.2 Å². The van der Waals surface area contributed by atoms with E-state index in [0.717, 1.165) is 46.8 Å². The van der Waals surface area contributed by atoms with Crippen LogP contribution in [0.15, 0.2) is 47.5 Å². The number of anilines is 1. The van der Waals surface area contributed by atoms with Crippen LogP contribution in [-0.2, 0) is 17.7 Å². The molecule has 4 aromatic rings. The van der Waals surface area contributed by atoms with Crippen LogP contribution in [0.2, 0.25) is 0 Å². The molecule has 0 spiro atoms. The van der Waals surface area contributed by atoms with Crippen molar-refractivity contribution < 1.29 is 31.5 Å². The van der Waals surface area contributed by atoms with Gasteiger partial charge in [-0.2, -0.15) is 5.10 Å². The maximum atomic E-state index is 14.2. The van der Waals surface area contributed by atoms with Crippen molar-refractivity contribution in [2.45, 2.75) is 39.1 Å². The molecule has 0 aliphatic carbocycles. The summed E-state index contributed by atoms with van der Waals surface area (Å²) < 4.78 is 66.4. The Balaban J connectivity index is 1.13. The number of aromatic amines is 1. The minimum Gasteiger partial charge on any atom is -0.451 e. The number of fused-ring (bicyclic) bond motifs is 1. The predicted octanol–water partition coefficient (Wildman–Crippen LogP) is 5.82. The molecule has 2 heterocycles. The van der Waals surface area contributed by atoms with E-state index in [1.807, 2.05) is 12.1 Å². The standard InChI is InChI=1S/C26H29F4N5O3/c1-2-18-9-17(10-21(27)25(18)38-26(28,29)30)13-31-5-3-4-7-36-8-6-32-22-11-19(24-15-37-16-33-24)12-23-20(22)14-34-35-23/h9-12,14-16,31-32H,2-8,13H2,1H3,(H,34,35). The van der Waals surface area contributed by atoms with Crippen LogP contribution in [0.3, 0.4) is 0 Å². The van der Waals surface area contributed by atoms with Crippen molar-refractivity contribution in [1.82, 2.24) is 20.5 Å². The van der Waals surface area contributed by atoms with Gasteiger partial charge < -0.3 is 24.5 Å². The number of halogens is 4. The van der Waals surface area contributed by atoms with E-state index >= 15 is 0 Å². The minimum absolute atomic E-state index is 0.180. The van der Waals surface area contributed by atoms with Crippen LogP contribution in [0.5, 0.6) is 5.75 Å². The van der Waals surface area contributed by atoms with Gasteiger partial charge >= 0.3 is 6.36 Å². The number of nitrogens with one attached hydrogen (secondary N) is 3. The molecule has 8 nitrogen and oxygen atoms in total. The van der Waals surface area contributed by atoms with Crippen LogP contribution in [0.4, 0.5) is 23.2 Å². The third-order valence-corrected chi connectivity index (χ3v) is 5.85. The van der Waals surface area contributed by atoms with Gasteiger partial charge in [-0.1, -0.05) is 13.0 Å². The highest BCUT2D eigenvalue weighted by atomic mass is 19.4. The second kappa shape index (κ2) is 12.7. The smallest absolute Gasteiger partial charge is 0.451 e. The zero-order chi connectivity index (χ0) is 27.0. The third kappa shape index (κ3) is 7.45. The molecule has 38 heavy (non-hydrogen) atoms. The van der Waals surface area contributed by atoms with Crippen LogP contribution in [-0.4, -0.2) is 47.8 Å². The number of benzene rings is 2. The van der Waals surface area contributed by atoms with Crippen molar-refractivity contribution in [3.8, 4) is 17.0 Å². The molecule has 0 aliphatic rings. The largest absolute Gasteiger partial charge is 0.573 e. The number of unbranched alkanes of at least 4 members (excludes halogenated alkanes) is 1. The van der Waals surface area contributed by atoms with Crippen LogP contribution in [0, 0.1) is 5.82 Å². The first-order valence-electron chi connectivity index (χ1n) is 12.3. The molecule has 0 amide bonds. The molecule has 0 atom stereocenters. The molecule has 12 heteroatoms. The van der Waals surface area contributed by atoms with Gasteiger partial charge in [0.05, 0.1) is 18.3 Å². The number of hydrogen-bond donors (Lipinski definition) is 3. The molecule has 4 rings (SSSR count). The summed E-state index contributed by atoms with van der Waals surface area (Å²) in [5, 5.41) is 14.6. The summed E-state index contributed by atoms with van der Waals surface area (Å²) in [5.74, 6) is -1.77. The number of ether oxygens (including phenoxy) is 2. The number of oxazole rings is 1. The molecule has 3 N–H and O–H groups in total. The van der Waals surface area contributed by atoms with Gasteiger partial charge in [-0.05, 0) is 55.1 Å². The highest BCUT2D eigenvalue weighted by Gasteiger charge is 2.33. The molecule has 0 saturated carbocycles. The van der Waals surface area contributed by atoms with E-state index < -0.39 is 17.9 Å². The Morgan fingerprint density at radius 1 is 1.08 bits per heavy atom. The second-order valence-electron chi connectivity index (χ2n) is 8.62. The molecule has 0 saturated heterocycles. The van der Waals surface area contributed by atoms with Gasteiger partial charge in [-0.3, -0.25) is 5.10 Å². The Morgan fingerprint density at radius 2 is 1.95 bits per heavy atom. The topological polar surface area (TPSA) is 97.2 Å². The molecule has 2 aromatic carbocycles. The van der Waals surface area contributed by atoms with Gasteiger partial charge in [0, 0.05) is 36.3 Å². The zero-order valence-electron chi connectivity index (χ0n) is 20.8.